The summed E-state index contributed by atoms with van der Waals surface area (Å²) in [7, 11) is 0. The number of hydrogen-bond donors (Lipinski definition) is 1. The van der Waals surface area contributed by atoms with Crippen molar-refractivity contribution in [1.82, 2.24) is 9.97 Å². The second-order valence-electron chi connectivity index (χ2n) is 4.23. The van der Waals surface area contributed by atoms with Gasteiger partial charge in [0.25, 0.3) is 5.69 Å². The van der Waals surface area contributed by atoms with Gasteiger partial charge in [0, 0.05) is 12.3 Å². The number of rotatable bonds is 4. The molecule has 0 aliphatic carbocycles. The summed E-state index contributed by atoms with van der Waals surface area (Å²) in [6.45, 7) is 4.09. The Bertz CT molecular complexity index is 596. The van der Waals surface area contributed by atoms with Crippen LogP contribution in [0.5, 0.6) is 0 Å². The molecule has 2 rings (SSSR count). The SMILES string of the molecule is Cc1cnc(CNc2c(C)cccc2[N+](=O)[O-])cn1. The van der Waals surface area contributed by atoms with Crippen LogP contribution < -0.4 is 5.32 Å². The number of aromatic nitrogens is 2. The fourth-order valence-electron chi connectivity index (χ4n) is 1.72. The average Bonchev–Trinajstić information content (AvgIpc) is 2.39. The normalized spacial score (nSPS) is 10.2. The third-order valence-electron chi connectivity index (χ3n) is 2.73. The molecule has 98 valence electrons. The molecule has 0 saturated carbocycles. The Kier molecular flexibility index (Phi) is 3.70. The van der Waals surface area contributed by atoms with Gasteiger partial charge in [0.1, 0.15) is 5.69 Å². The molecule has 0 saturated heterocycles. The van der Waals surface area contributed by atoms with Crippen LogP contribution in [0.3, 0.4) is 0 Å². The van der Waals surface area contributed by atoms with E-state index in [9.17, 15) is 10.1 Å². The van der Waals surface area contributed by atoms with Gasteiger partial charge in [-0.25, -0.2) is 0 Å². The van der Waals surface area contributed by atoms with Crippen molar-refractivity contribution in [1.29, 1.82) is 0 Å². The maximum absolute atomic E-state index is 11.0. The highest BCUT2D eigenvalue weighted by Gasteiger charge is 2.14. The summed E-state index contributed by atoms with van der Waals surface area (Å²) in [4.78, 5) is 18.9. The van der Waals surface area contributed by atoms with E-state index in [2.05, 4.69) is 15.3 Å². The lowest BCUT2D eigenvalue weighted by Crippen LogP contribution is -2.06. The lowest BCUT2D eigenvalue weighted by molar-refractivity contribution is -0.384. The summed E-state index contributed by atoms with van der Waals surface area (Å²) in [6.07, 6.45) is 3.33. The molecule has 1 aromatic heterocycles. The van der Waals surface area contributed by atoms with Gasteiger partial charge in [-0.15, -0.1) is 0 Å². The summed E-state index contributed by atoms with van der Waals surface area (Å²) in [6, 6.07) is 4.98. The van der Waals surface area contributed by atoms with E-state index in [4.69, 9.17) is 0 Å². The van der Waals surface area contributed by atoms with Crippen LogP contribution in [0.4, 0.5) is 11.4 Å². The molecule has 0 unspecified atom stereocenters. The molecule has 1 N–H and O–H groups in total. The van der Waals surface area contributed by atoms with Crippen molar-refractivity contribution in [2.75, 3.05) is 5.32 Å². The number of aryl methyl sites for hydroxylation is 2. The fourth-order valence-corrected chi connectivity index (χ4v) is 1.72. The number of nitro groups is 1. The smallest absolute Gasteiger partial charge is 0.292 e. The molecule has 1 heterocycles. The van der Waals surface area contributed by atoms with Crippen LogP contribution in [-0.4, -0.2) is 14.9 Å². The van der Waals surface area contributed by atoms with Crippen LogP contribution >= 0.6 is 0 Å². The zero-order valence-corrected chi connectivity index (χ0v) is 10.8. The first kappa shape index (κ1) is 12.9. The van der Waals surface area contributed by atoms with E-state index in [1.165, 1.54) is 6.07 Å². The van der Waals surface area contributed by atoms with Gasteiger partial charge in [-0.3, -0.25) is 20.1 Å². The highest BCUT2D eigenvalue weighted by molar-refractivity contribution is 5.65. The number of anilines is 1. The minimum absolute atomic E-state index is 0.0695. The number of nitrogens with one attached hydrogen (secondary N) is 1. The average molecular weight is 258 g/mol. The van der Waals surface area contributed by atoms with Crippen molar-refractivity contribution in [2.24, 2.45) is 0 Å². The van der Waals surface area contributed by atoms with Crippen LogP contribution in [0.1, 0.15) is 17.0 Å². The zero-order valence-electron chi connectivity index (χ0n) is 10.8. The highest BCUT2D eigenvalue weighted by atomic mass is 16.6. The molecule has 6 heteroatoms. The van der Waals surface area contributed by atoms with Crippen molar-refractivity contribution in [3.8, 4) is 0 Å². The molecular formula is C13H14N4O2. The molecule has 0 aliphatic rings. The lowest BCUT2D eigenvalue weighted by atomic mass is 10.1. The van der Waals surface area contributed by atoms with E-state index in [0.717, 1.165) is 17.0 Å². The van der Waals surface area contributed by atoms with Crippen molar-refractivity contribution >= 4 is 11.4 Å². The summed E-state index contributed by atoms with van der Waals surface area (Å²) >= 11 is 0. The van der Waals surface area contributed by atoms with Gasteiger partial charge < -0.3 is 5.32 Å². The minimum atomic E-state index is -0.393. The highest BCUT2D eigenvalue weighted by Crippen LogP contribution is 2.27. The summed E-state index contributed by atoms with van der Waals surface area (Å²) in [5, 5.41) is 14.0. The van der Waals surface area contributed by atoms with Crippen LogP contribution in [0, 0.1) is 24.0 Å². The van der Waals surface area contributed by atoms with Gasteiger partial charge in [-0.05, 0) is 19.4 Å². The Labute approximate surface area is 110 Å². The zero-order chi connectivity index (χ0) is 13.8. The topological polar surface area (TPSA) is 81.0 Å². The predicted octanol–water partition coefficient (Wildman–Crippen LogP) is 2.61. The van der Waals surface area contributed by atoms with E-state index in [1.807, 2.05) is 19.9 Å². The number of para-hydroxylation sites is 1. The number of benzene rings is 1. The van der Waals surface area contributed by atoms with Crippen LogP contribution in [0.2, 0.25) is 0 Å². The van der Waals surface area contributed by atoms with Gasteiger partial charge in [-0.2, -0.15) is 0 Å². The molecule has 0 radical (unpaired) electrons. The Morgan fingerprint density at radius 3 is 2.68 bits per heavy atom. The molecule has 6 nitrogen and oxygen atoms in total. The van der Waals surface area contributed by atoms with Gasteiger partial charge in [0.2, 0.25) is 0 Å². The molecule has 0 bridgehead atoms. The van der Waals surface area contributed by atoms with Crippen molar-refractivity contribution in [2.45, 2.75) is 20.4 Å². The molecule has 2 aromatic rings. The molecule has 0 spiro atoms. The second-order valence-corrected chi connectivity index (χ2v) is 4.23. The Morgan fingerprint density at radius 2 is 2.05 bits per heavy atom. The number of nitro benzene ring substituents is 1. The van der Waals surface area contributed by atoms with Crippen LogP contribution in [-0.2, 0) is 6.54 Å². The Balaban J connectivity index is 2.19. The van der Waals surface area contributed by atoms with E-state index in [-0.39, 0.29) is 5.69 Å². The van der Waals surface area contributed by atoms with Gasteiger partial charge in [0.15, 0.2) is 0 Å². The lowest BCUT2D eigenvalue weighted by Gasteiger charge is -2.09. The molecule has 0 aliphatic heterocycles. The largest absolute Gasteiger partial charge is 0.374 e. The standard InChI is InChI=1S/C13H14N4O2/c1-9-4-3-5-12(17(18)19)13(9)16-8-11-7-14-10(2)6-15-11/h3-7,16H,8H2,1-2H3. The monoisotopic (exact) mass is 258 g/mol. The third-order valence-corrected chi connectivity index (χ3v) is 2.73. The molecule has 0 amide bonds. The van der Waals surface area contributed by atoms with Crippen molar-refractivity contribution < 1.29 is 4.92 Å². The molecule has 0 fully saturated rings. The summed E-state index contributed by atoms with van der Waals surface area (Å²) in [5.41, 5.74) is 3.00. The quantitative estimate of drug-likeness (QED) is 0.673. The van der Waals surface area contributed by atoms with E-state index >= 15 is 0 Å². The second kappa shape index (κ2) is 5.43. The third kappa shape index (κ3) is 3.04. The first-order valence-electron chi connectivity index (χ1n) is 5.83. The first-order valence-corrected chi connectivity index (χ1v) is 5.83. The summed E-state index contributed by atoms with van der Waals surface area (Å²) in [5.74, 6) is 0. The molecule has 1 aromatic carbocycles. The van der Waals surface area contributed by atoms with Crippen molar-refractivity contribution in [3.63, 3.8) is 0 Å². The summed E-state index contributed by atoms with van der Waals surface area (Å²) < 4.78 is 0. The maximum Gasteiger partial charge on any atom is 0.292 e. The van der Waals surface area contributed by atoms with Gasteiger partial charge >= 0.3 is 0 Å². The molecular weight excluding hydrogens is 244 g/mol. The Morgan fingerprint density at radius 1 is 1.26 bits per heavy atom. The van der Waals surface area contributed by atoms with Crippen LogP contribution in [0.15, 0.2) is 30.6 Å². The van der Waals surface area contributed by atoms with Crippen LogP contribution in [0.25, 0.3) is 0 Å². The fraction of sp³-hybridized carbons (Fsp3) is 0.231. The van der Waals surface area contributed by atoms with E-state index < -0.39 is 4.92 Å². The molecule has 19 heavy (non-hydrogen) atoms. The number of nitrogens with zero attached hydrogens (tertiary/aromatic N) is 3. The van der Waals surface area contributed by atoms with Gasteiger partial charge in [0.05, 0.1) is 29.1 Å². The first-order chi connectivity index (χ1) is 9.08. The molecule has 0 atom stereocenters. The maximum atomic E-state index is 11.0. The Hall–Kier alpha value is -2.50. The van der Waals surface area contributed by atoms with E-state index in [1.54, 1.807) is 18.5 Å². The minimum Gasteiger partial charge on any atom is -0.374 e. The predicted molar refractivity (Wildman–Crippen MR) is 71.9 cm³/mol. The van der Waals surface area contributed by atoms with Gasteiger partial charge in [-0.1, -0.05) is 12.1 Å². The number of hydrogen-bond acceptors (Lipinski definition) is 5. The van der Waals surface area contributed by atoms with Crippen molar-refractivity contribution in [3.05, 3.63) is 57.7 Å². The van der Waals surface area contributed by atoms with E-state index in [0.29, 0.717) is 12.2 Å².